The van der Waals surface area contributed by atoms with E-state index in [9.17, 15) is 4.39 Å². The average molecular weight is 292 g/mol. The topological polar surface area (TPSA) is 12.0 Å². The van der Waals surface area contributed by atoms with E-state index >= 15 is 0 Å². The normalized spacial score (nSPS) is 12.4. The van der Waals surface area contributed by atoms with E-state index in [1.165, 1.54) is 17.2 Å². The Hall–Kier alpha value is -1.38. The van der Waals surface area contributed by atoms with E-state index < -0.39 is 0 Å². The Morgan fingerprint density at radius 1 is 1.15 bits per heavy atom. The van der Waals surface area contributed by atoms with E-state index in [4.69, 9.17) is 11.6 Å². The van der Waals surface area contributed by atoms with Gasteiger partial charge in [0.25, 0.3) is 0 Å². The van der Waals surface area contributed by atoms with Gasteiger partial charge in [-0.05, 0) is 43.7 Å². The van der Waals surface area contributed by atoms with Crippen LogP contribution in [-0.4, -0.2) is 13.6 Å². The van der Waals surface area contributed by atoms with E-state index in [1.54, 1.807) is 12.1 Å². The summed E-state index contributed by atoms with van der Waals surface area (Å²) in [7, 11) is 1.94. The molecule has 0 saturated heterocycles. The highest BCUT2D eigenvalue weighted by Gasteiger charge is 2.12. The maximum absolute atomic E-state index is 13.2. The number of rotatable bonds is 5. The van der Waals surface area contributed by atoms with Gasteiger partial charge in [0.2, 0.25) is 0 Å². The van der Waals surface area contributed by atoms with Gasteiger partial charge < -0.3 is 5.32 Å². The van der Waals surface area contributed by atoms with Gasteiger partial charge in [0.1, 0.15) is 5.82 Å². The molecule has 1 atom stereocenters. The molecule has 0 bridgehead atoms. The monoisotopic (exact) mass is 291 g/mol. The minimum Gasteiger partial charge on any atom is -0.319 e. The zero-order valence-corrected chi connectivity index (χ0v) is 12.5. The number of hydrogen-bond donors (Lipinski definition) is 1. The highest BCUT2D eigenvalue weighted by Crippen LogP contribution is 2.24. The lowest BCUT2D eigenvalue weighted by Crippen LogP contribution is -2.19. The van der Waals surface area contributed by atoms with Gasteiger partial charge in [-0.25, -0.2) is 4.39 Å². The summed E-state index contributed by atoms with van der Waals surface area (Å²) in [5.74, 6) is -0.0157. The summed E-state index contributed by atoms with van der Waals surface area (Å²) in [6.07, 6.45) is 0.837. The molecule has 1 unspecified atom stereocenters. The molecule has 2 rings (SSSR count). The van der Waals surface area contributed by atoms with E-state index in [2.05, 4.69) is 36.5 Å². The third kappa shape index (κ3) is 3.81. The zero-order chi connectivity index (χ0) is 14.5. The van der Waals surface area contributed by atoms with Gasteiger partial charge in [0, 0.05) is 12.5 Å². The summed E-state index contributed by atoms with van der Waals surface area (Å²) in [6, 6.07) is 13.5. The Kier molecular flexibility index (Phi) is 5.16. The Morgan fingerprint density at radius 3 is 2.45 bits per heavy atom. The Balaban J connectivity index is 2.20. The highest BCUT2D eigenvalue weighted by molar-refractivity contribution is 6.30. The third-order valence-corrected chi connectivity index (χ3v) is 3.76. The molecule has 1 N–H and O–H groups in total. The van der Waals surface area contributed by atoms with Crippen molar-refractivity contribution in [1.29, 1.82) is 0 Å². The first kappa shape index (κ1) is 15.0. The van der Waals surface area contributed by atoms with Crippen molar-refractivity contribution < 1.29 is 4.39 Å². The van der Waals surface area contributed by atoms with Gasteiger partial charge in [-0.2, -0.15) is 0 Å². The van der Waals surface area contributed by atoms with E-state index in [0.29, 0.717) is 5.92 Å². The number of hydrogen-bond acceptors (Lipinski definition) is 1. The summed E-state index contributed by atoms with van der Waals surface area (Å²) >= 11 is 5.85. The van der Waals surface area contributed by atoms with Crippen molar-refractivity contribution in [2.75, 3.05) is 13.6 Å². The summed E-state index contributed by atoms with van der Waals surface area (Å²) in [4.78, 5) is 0. The van der Waals surface area contributed by atoms with Crippen molar-refractivity contribution in [1.82, 2.24) is 5.32 Å². The first-order chi connectivity index (χ1) is 9.60. The van der Waals surface area contributed by atoms with Crippen molar-refractivity contribution in [3.8, 4) is 0 Å². The molecule has 2 aromatic carbocycles. The molecule has 0 radical (unpaired) electrons. The van der Waals surface area contributed by atoms with Crippen molar-refractivity contribution in [2.45, 2.75) is 19.3 Å². The number of likely N-dealkylation sites (N-methyl/N-ethyl adjacent to an activating group) is 1. The van der Waals surface area contributed by atoms with Gasteiger partial charge in [0.05, 0.1) is 5.02 Å². The van der Waals surface area contributed by atoms with Gasteiger partial charge >= 0.3 is 0 Å². The molecule has 0 aliphatic rings. The maximum atomic E-state index is 13.2. The molecule has 0 saturated carbocycles. The molecule has 1 nitrogen and oxygen atoms in total. The summed E-state index contributed by atoms with van der Waals surface area (Å²) < 4.78 is 13.2. The minimum absolute atomic E-state index is 0.189. The van der Waals surface area contributed by atoms with E-state index in [-0.39, 0.29) is 10.8 Å². The van der Waals surface area contributed by atoms with Crippen LogP contribution in [-0.2, 0) is 6.42 Å². The smallest absolute Gasteiger partial charge is 0.141 e. The Bertz CT molecular complexity index is 566. The lowest BCUT2D eigenvalue weighted by Gasteiger charge is -2.17. The molecule has 20 heavy (non-hydrogen) atoms. The molecule has 106 valence electrons. The Labute approximate surface area is 124 Å². The van der Waals surface area contributed by atoms with Crippen LogP contribution >= 0.6 is 11.6 Å². The average Bonchev–Trinajstić information content (AvgIpc) is 2.43. The van der Waals surface area contributed by atoms with Gasteiger partial charge in [0.15, 0.2) is 0 Å². The molecule has 0 fully saturated rings. The quantitative estimate of drug-likeness (QED) is 0.864. The lowest BCUT2D eigenvalue weighted by atomic mass is 9.91. The second-order valence-electron chi connectivity index (χ2n) is 5.12. The van der Waals surface area contributed by atoms with Crippen LogP contribution in [0.4, 0.5) is 4.39 Å². The fraction of sp³-hybridized carbons (Fsp3) is 0.294. The number of benzene rings is 2. The minimum atomic E-state index is -0.365. The highest BCUT2D eigenvalue weighted by atomic mass is 35.5. The molecule has 0 amide bonds. The molecule has 0 aliphatic carbocycles. The largest absolute Gasteiger partial charge is 0.319 e. The van der Waals surface area contributed by atoms with Crippen molar-refractivity contribution >= 4 is 11.6 Å². The Morgan fingerprint density at radius 2 is 1.85 bits per heavy atom. The van der Waals surface area contributed by atoms with Gasteiger partial charge in [-0.3, -0.25) is 0 Å². The summed E-state index contributed by atoms with van der Waals surface area (Å²) in [5, 5.41) is 3.41. The van der Waals surface area contributed by atoms with E-state index in [0.717, 1.165) is 18.5 Å². The van der Waals surface area contributed by atoms with Crippen molar-refractivity contribution in [3.05, 3.63) is 70.0 Å². The molecule has 0 heterocycles. The first-order valence-corrected chi connectivity index (χ1v) is 7.13. The number of nitrogens with one attached hydrogen (secondary N) is 1. The second kappa shape index (κ2) is 6.87. The standard InChI is InChI=1S/C17H19ClFN/c1-12-3-6-14(7-4-12)15(11-20-2)9-13-5-8-17(19)16(18)10-13/h3-8,10,15,20H,9,11H2,1-2H3. The van der Waals surface area contributed by atoms with Gasteiger partial charge in [-0.1, -0.05) is 47.5 Å². The van der Waals surface area contributed by atoms with Crippen LogP contribution in [0.1, 0.15) is 22.6 Å². The molecular weight excluding hydrogens is 273 g/mol. The lowest BCUT2D eigenvalue weighted by molar-refractivity contribution is 0.616. The van der Waals surface area contributed by atoms with Crippen LogP contribution in [0.2, 0.25) is 5.02 Å². The zero-order valence-electron chi connectivity index (χ0n) is 11.8. The molecule has 2 aromatic rings. The molecule has 0 spiro atoms. The third-order valence-electron chi connectivity index (χ3n) is 3.47. The van der Waals surface area contributed by atoms with Crippen LogP contribution in [0.5, 0.6) is 0 Å². The molecule has 0 aromatic heterocycles. The van der Waals surface area contributed by atoms with Crippen LogP contribution < -0.4 is 5.32 Å². The van der Waals surface area contributed by atoms with E-state index in [1.807, 2.05) is 7.05 Å². The first-order valence-electron chi connectivity index (χ1n) is 6.75. The van der Waals surface area contributed by atoms with Crippen LogP contribution in [0.25, 0.3) is 0 Å². The van der Waals surface area contributed by atoms with Gasteiger partial charge in [-0.15, -0.1) is 0 Å². The predicted molar refractivity (Wildman–Crippen MR) is 83.0 cm³/mol. The number of halogens is 2. The van der Waals surface area contributed by atoms with Crippen LogP contribution in [0.15, 0.2) is 42.5 Å². The fourth-order valence-electron chi connectivity index (χ4n) is 2.34. The maximum Gasteiger partial charge on any atom is 0.141 e. The SMILES string of the molecule is CNCC(Cc1ccc(F)c(Cl)c1)c1ccc(C)cc1. The predicted octanol–water partition coefficient (Wildman–Crippen LogP) is 4.33. The molecule has 3 heteroatoms. The molecular formula is C17H19ClFN. The van der Waals surface area contributed by atoms with Crippen LogP contribution in [0.3, 0.4) is 0 Å². The number of aryl methyl sites for hydroxylation is 1. The van der Waals surface area contributed by atoms with Crippen molar-refractivity contribution in [3.63, 3.8) is 0 Å². The fourth-order valence-corrected chi connectivity index (χ4v) is 2.55. The summed E-state index contributed by atoms with van der Waals surface area (Å²) in [5.41, 5.74) is 3.59. The van der Waals surface area contributed by atoms with Crippen LogP contribution in [0, 0.1) is 12.7 Å². The molecule has 0 aliphatic heterocycles. The second-order valence-corrected chi connectivity index (χ2v) is 5.53. The summed E-state index contributed by atoms with van der Waals surface area (Å²) in [6.45, 7) is 2.95. The van der Waals surface area contributed by atoms with Crippen molar-refractivity contribution in [2.24, 2.45) is 0 Å².